The van der Waals surface area contributed by atoms with E-state index >= 15 is 0 Å². The average Bonchev–Trinajstić information content (AvgIpc) is 2.58. The van der Waals surface area contributed by atoms with Gasteiger partial charge in [0.05, 0.1) is 0 Å². The van der Waals surface area contributed by atoms with E-state index in [-0.39, 0.29) is 0 Å². The third kappa shape index (κ3) is 1.03. The SMILES string of the molecule is CCC(C)(C)C1(C)CC1(C)CC. The van der Waals surface area contributed by atoms with Crippen molar-refractivity contribution in [2.24, 2.45) is 16.2 Å². The molecule has 0 aromatic rings. The molecule has 0 radical (unpaired) electrons. The van der Waals surface area contributed by atoms with Gasteiger partial charge in [0.15, 0.2) is 0 Å². The topological polar surface area (TPSA) is 0 Å². The first-order valence-corrected chi connectivity index (χ1v) is 5.33. The van der Waals surface area contributed by atoms with E-state index in [0.717, 1.165) is 0 Å². The molecule has 0 aliphatic heterocycles. The Morgan fingerprint density at radius 2 is 1.67 bits per heavy atom. The van der Waals surface area contributed by atoms with Gasteiger partial charge in [0.2, 0.25) is 0 Å². The maximum absolute atomic E-state index is 2.47. The van der Waals surface area contributed by atoms with Crippen LogP contribution in [0.1, 0.15) is 60.8 Å². The normalized spacial score (nSPS) is 41.5. The lowest BCUT2D eigenvalue weighted by molar-refractivity contribution is 0.145. The van der Waals surface area contributed by atoms with E-state index in [9.17, 15) is 0 Å². The van der Waals surface area contributed by atoms with Gasteiger partial charge >= 0.3 is 0 Å². The van der Waals surface area contributed by atoms with Crippen molar-refractivity contribution >= 4 is 0 Å². The van der Waals surface area contributed by atoms with E-state index in [4.69, 9.17) is 0 Å². The van der Waals surface area contributed by atoms with Crippen LogP contribution in [0.15, 0.2) is 0 Å². The van der Waals surface area contributed by atoms with Crippen molar-refractivity contribution < 1.29 is 0 Å². The summed E-state index contributed by atoms with van der Waals surface area (Å²) in [6.07, 6.45) is 4.07. The molecule has 0 amide bonds. The zero-order valence-electron chi connectivity index (χ0n) is 9.62. The molecule has 2 atom stereocenters. The molecule has 0 saturated heterocycles. The predicted octanol–water partition coefficient (Wildman–Crippen LogP) is 4.25. The zero-order chi connectivity index (χ0) is 9.62. The van der Waals surface area contributed by atoms with Crippen LogP contribution in [0, 0.1) is 16.2 Å². The molecule has 0 aromatic carbocycles. The molecule has 12 heavy (non-hydrogen) atoms. The summed E-state index contributed by atoms with van der Waals surface area (Å²) < 4.78 is 0. The summed E-state index contributed by atoms with van der Waals surface area (Å²) in [6.45, 7) is 14.4. The van der Waals surface area contributed by atoms with Gasteiger partial charge in [-0.3, -0.25) is 0 Å². The Morgan fingerprint density at radius 3 is 1.92 bits per heavy atom. The molecule has 0 bridgehead atoms. The Bertz CT molecular complexity index is 180. The summed E-state index contributed by atoms with van der Waals surface area (Å²) in [7, 11) is 0. The van der Waals surface area contributed by atoms with E-state index in [2.05, 4.69) is 41.5 Å². The Morgan fingerprint density at radius 1 is 1.17 bits per heavy atom. The van der Waals surface area contributed by atoms with Crippen LogP contribution in [-0.2, 0) is 0 Å². The highest BCUT2D eigenvalue weighted by atomic mass is 14.7. The third-order valence-corrected chi connectivity index (χ3v) is 5.11. The maximum Gasteiger partial charge on any atom is -0.0215 e. The van der Waals surface area contributed by atoms with E-state index < -0.39 is 0 Å². The lowest BCUT2D eigenvalue weighted by Crippen LogP contribution is -2.26. The van der Waals surface area contributed by atoms with Gasteiger partial charge in [-0.2, -0.15) is 0 Å². The minimum Gasteiger partial charge on any atom is -0.0649 e. The smallest absolute Gasteiger partial charge is 0.0215 e. The van der Waals surface area contributed by atoms with Crippen molar-refractivity contribution in [2.45, 2.75) is 60.8 Å². The molecule has 0 spiro atoms. The first-order valence-electron chi connectivity index (χ1n) is 5.33. The van der Waals surface area contributed by atoms with Crippen molar-refractivity contribution in [3.63, 3.8) is 0 Å². The number of rotatable bonds is 3. The monoisotopic (exact) mass is 168 g/mol. The van der Waals surface area contributed by atoms with Crippen molar-refractivity contribution in [3.05, 3.63) is 0 Å². The molecule has 0 aromatic heterocycles. The van der Waals surface area contributed by atoms with Crippen LogP contribution >= 0.6 is 0 Å². The lowest BCUT2D eigenvalue weighted by Gasteiger charge is -2.35. The van der Waals surface area contributed by atoms with E-state index in [1.165, 1.54) is 19.3 Å². The standard InChI is InChI=1S/C12H24/c1-7-10(3,4)12(6)9-11(12,5)8-2/h7-9H2,1-6H3. The zero-order valence-corrected chi connectivity index (χ0v) is 9.62. The molecule has 2 unspecified atom stereocenters. The van der Waals surface area contributed by atoms with Crippen LogP contribution in [0.25, 0.3) is 0 Å². The molecule has 0 nitrogen and oxygen atoms in total. The van der Waals surface area contributed by atoms with Crippen LogP contribution in [-0.4, -0.2) is 0 Å². The highest BCUT2D eigenvalue weighted by Gasteiger charge is 2.65. The highest BCUT2D eigenvalue weighted by Crippen LogP contribution is 2.73. The van der Waals surface area contributed by atoms with Crippen LogP contribution in [0.2, 0.25) is 0 Å². The van der Waals surface area contributed by atoms with Gasteiger partial charge in [-0.05, 0) is 22.7 Å². The fourth-order valence-corrected chi connectivity index (χ4v) is 2.70. The summed E-state index contributed by atoms with van der Waals surface area (Å²) in [6, 6.07) is 0. The quantitative estimate of drug-likeness (QED) is 0.591. The Kier molecular flexibility index (Phi) is 2.10. The highest BCUT2D eigenvalue weighted by molar-refractivity contribution is 5.14. The third-order valence-electron chi connectivity index (χ3n) is 5.11. The minimum absolute atomic E-state index is 0.526. The van der Waals surface area contributed by atoms with Crippen molar-refractivity contribution in [1.82, 2.24) is 0 Å². The second kappa shape index (κ2) is 2.49. The second-order valence-corrected chi connectivity index (χ2v) is 5.66. The minimum atomic E-state index is 0.526. The van der Waals surface area contributed by atoms with Crippen LogP contribution in [0.3, 0.4) is 0 Å². The molecule has 0 heterocycles. The largest absolute Gasteiger partial charge is 0.0649 e. The van der Waals surface area contributed by atoms with E-state index in [1.54, 1.807) is 0 Å². The number of hydrogen-bond acceptors (Lipinski definition) is 0. The molecular formula is C12H24. The van der Waals surface area contributed by atoms with Gasteiger partial charge in [-0.1, -0.05) is 54.4 Å². The molecule has 72 valence electrons. The fourth-order valence-electron chi connectivity index (χ4n) is 2.70. The van der Waals surface area contributed by atoms with E-state index in [1.807, 2.05) is 0 Å². The van der Waals surface area contributed by atoms with Gasteiger partial charge in [-0.25, -0.2) is 0 Å². The van der Waals surface area contributed by atoms with Gasteiger partial charge in [-0.15, -0.1) is 0 Å². The summed E-state index contributed by atoms with van der Waals surface area (Å²) in [4.78, 5) is 0. The molecule has 1 aliphatic rings. The first-order chi connectivity index (χ1) is 5.33. The Labute approximate surface area is 77.7 Å². The van der Waals surface area contributed by atoms with Crippen molar-refractivity contribution in [2.75, 3.05) is 0 Å². The predicted molar refractivity (Wildman–Crippen MR) is 55.2 cm³/mol. The van der Waals surface area contributed by atoms with Gasteiger partial charge in [0.1, 0.15) is 0 Å². The summed E-state index contributed by atoms with van der Waals surface area (Å²) in [5.74, 6) is 0. The van der Waals surface area contributed by atoms with Crippen LogP contribution in [0.5, 0.6) is 0 Å². The molecule has 1 rings (SSSR count). The summed E-state index contributed by atoms with van der Waals surface area (Å²) in [5, 5.41) is 0. The van der Waals surface area contributed by atoms with Gasteiger partial charge in [0, 0.05) is 0 Å². The van der Waals surface area contributed by atoms with E-state index in [0.29, 0.717) is 16.2 Å². The average molecular weight is 168 g/mol. The maximum atomic E-state index is 2.47. The lowest BCUT2D eigenvalue weighted by atomic mass is 9.70. The summed E-state index contributed by atoms with van der Waals surface area (Å²) in [5.41, 5.74) is 1.76. The summed E-state index contributed by atoms with van der Waals surface area (Å²) >= 11 is 0. The second-order valence-electron chi connectivity index (χ2n) is 5.66. The Balaban J connectivity index is 2.79. The van der Waals surface area contributed by atoms with Crippen molar-refractivity contribution in [3.8, 4) is 0 Å². The molecule has 1 aliphatic carbocycles. The van der Waals surface area contributed by atoms with Gasteiger partial charge < -0.3 is 0 Å². The number of hydrogen-bond donors (Lipinski definition) is 0. The van der Waals surface area contributed by atoms with Gasteiger partial charge in [0.25, 0.3) is 0 Å². The van der Waals surface area contributed by atoms with Crippen molar-refractivity contribution in [1.29, 1.82) is 0 Å². The molecule has 0 N–H and O–H groups in total. The molecular weight excluding hydrogens is 144 g/mol. The first kappa shape index (κ1) is 10.1. The fraction of sp³-hybridized carbons (Fsp3) is 1.00. The molecule has 1 fully saturated rings. The Hall–Kier alpha value is 0. The molecule has 1 saturated carbocycles. The van der Waals surface area contributed by atoms with Crippen LogP contribution < -0.4 is 0 Å². The van der Waals surface area contributed by atoms with Crippen LogP contribution in [0.4, 0.5) is 0 Å². The molecule has 0 heteroatoms.